The summed E-state index contributed by atoms with van der Waals surface area (Å²) in [5.74, 6) is -1.08. The SMILES string of the molecule is O=C(NCc1ccccc1Cl)C1CC1C(=O)Nc1cc(Cl)ccc1Cl. The van der Waals surface area contributed by atoms with Crippen molar-refractivity contribution in [3.05, 3.63) is 63.1 Å². The van der Waals surface area contributed by atoms with E-state index >= 15 is 0 Å². The number of halogens is 3. The van der Waals surface area contributed by atoms with Crippen LogP contribution in [0.15, 0.2) is 42.5 Å². The Morgan fingerprint density at radius 3 is 2.44 bits per heavy atom. The van der Waals surface area contributed by atoms with Crippen molar-refractivity contribution in [3.8, 4) is 0 Å². The Bertz CT molecular complexity index is 826. The van der Waals surface area contributed by atoms with Crippen LogP contribution in [0.25, 0.3) is 0 Å². The topological polar surface area (TPSA) is 58.2 Å². The molecule has 4 nitrogen and oxygen atoms in total. The van der Waals surface area contributed by atoms with Gasteiger partial charge in [-0.1, -0.05) is 53.0 Å². The van der Waals surface area contributed by atoms with E-state index in [1.54, 1.807) is 24.3 Å². The van der Waals surface area contributed by atoms with Gasteiger partial charge in [-0.05, 0) is 36.2 Å². The van der Waals surface area contributed by atoms with E-state index < -0.39 is 0 Å². The average molecular weight is 398 g/mol. The van der Waals surface area contributed by atoms with E-state index in [1.165, 1.54) is 0 Å². The molecule has 0 bridgehead atoms. The fraction of sp³-hybridized carbons (Fsp3) is 0.222. The fourth-order valence-corrected chi connectivity index (χ4v) is 3.09. The standard InChI is InChI=1S/C18H15Cl3N2O2/c19-11-5-6-15(21)16(7-11)23-18(25)13-8-12(13)17(24)22-9-10-3-1-2-4-14(10)20/h1-7,12-13H,8-9H2,(H,22,24)(H,23,25). The monoisotopic (exact) mass is 396 g/mol. The summed E-state index contributed by atoms with van der Waals surface area (Å²) in [6, 6.07) is 12.1. The van der Waals surface area contributed by atoms with Crippen molar-refractivity contribution in [1.82, 2.24) is 5.32 Å². The van der Waals surface area contributed by atoms with Crippen LogP contribution in [0, 0.1) is 11.8 Å². The van der Waals surface area contributed by atoms with Gasteiger partial charge < -0.3 is 10.6 Å². The van der Waals surface area contributed by atoms with E-state index in [2.05, 4.69) is 10.6 Å². The van der Waals surface area contributed by atoms with Gasteiger partial charge in [0, 0.05) is 16.6 Å². The normalized spacial score (nSPS) is 18.5. The molecule has 2 unspecified atom stereocenters. The Morgan fingerprint density at radius 2 is 1.68 bits per heavy atom. The van der Waals surface area contributed by atoms with Crippen LogP contribution in [0.3, 0.4) is 0 Å². The molecule has 0 spiro atoms. The molecule has 2 amide bonds. The minimum Gasteiger partial charge on any atom is -0.352 e. The molecular formula is C18H15Cl3N2O2. The minimum atomic E-state index is -0.360. The summed E-state index contributed by atoms with van der Waals surface area (Å²) in [5, 5.41) is 7.02. The van der Waals surface area contributed by atoms with Crippen LogP contribution in [-0.2, 0) is 16.1 Å². The number of anilines is 1. The number of nitrogens with one attached hydrogen (secondary N) is 2. The lowest BCUT2D eigenvalue weighted by Crippen LogP contribution is -2.27. The first-order valence-electron chi connectivity index (χ1n) is 7.72. The molecule has 0 saturated heterocycles. The molecule has 2 aromatic rings. The van der Waals surface area contributed by atoms with Crippen molar-refractivity contribution in [2.75, 3.05) is 5.32 Å². The van der Waals surface area contributed by atoms with E-state index in [-0.39, 0.29) is 23.7 Å². The lowest BCUT2D eigenvalue weighted by atomic mass is 10.2. The summed E-state index contributed by atoms with van der Waals surface area (Å²) >= 11 is 18.0. The number of amides is 2. The highest BCUT2D eigenvalue weighted by Crippen LogP contribution is 2.40. The van der Waals surface area contributed by atoms with Crippen molar-refractivity contribution in [2.24, 2.45) is 11.8 Å². The highest BCUT2D eigenvalue weighted by atomic mass is 35.5. The first kappa shape index (κ1) is 18.1. The second-order valence-corrected chi connectivity index (χ2v) is 7.12. The van der Waals surface area contributed by atoms with E-state index in [0.29, 0.717) is 33.7 Å². The molecule has 0 heterocycles. The summed E-state index contributed by atoms with van der Waals surface area (Å²) in [6.07, 6.45) is 0.512. The van der Waals surface area contributed by atoms with Gasteiger partial charge in [-0.3, -0.25) is 9.59 Å². The van der Waals surface area contributed by atoms with Crippen LogP contribution in [0.4, 0.5) is 5.69 Å². The molecule has 0 radical (unpaired) electrons. The average Bonchev–Trinajstić information content (AvgIpc) is 3.38. The van der Waals surface area contributed by atoms with Gasteiger partial charge >= 0.3 is 0 Å². The molecule has 7 heteroatoms. The van der Waals surface area contributed by atoms with Crippen LogP contribution in [-0.4, -0.2) is 11.8 Å². The summed E-state index contributed by atoms with van der Waals surface area (Å²) in [4.78, 5) is 24.5. The second kappa shape index (κ2) is 7.65. The van der Waals surface area contributed by atoms with Crippen molar-refractivity contribution >= 4 is 52.3 Å². The molecule has 2 N–H and O–H groups in total. The van der Waals surface area contributed by atoms with E-state index in [0.717, 1.165) is 5.56 Å². The van der Waals surface area contributed by atoms with Gasteiger partial charge in [0.1, 0.15) is 0 Å². The third kappa shape index (κ3) is 4.46. The van der Waals surface area contributed by atoms with Crippen LogP contribution >= 0.6 is 34.8 Å². The number of carbonyl (C=O) groups is 2. The quantitative estimate of drug-likeness (QED) is 0.778. The first-order chi connectivity index (χ1) is 12.0. The largest absolute Gasteiger partial charge is 0.352 e. The lowest BCUT2D eigenvalue weighted by Gasteiger charge is -2.08. The Balaban J connectivity index is 1.53. The predicted octanol–water partition coefficient (Wildman–Crippen LogP) is 4.54. The molecular weight excluding hydrogens is 383 g/mol. The number of hydrogen-bond donors (Lipinski definition) is 2. The first-order valence-corrected chi connectivity index (χ1v) is 8.86. The molecule has 2 aromatic carbocycles. The minimum absolute atomic E-state index is 0.155. The van der Waals surface area contributed by atoms with Crippen molar-refractivity contribution in [3.63, 3.8) is 0 Å². The van der Waals surface area contributed by atoms with Crippen molar-refractivity contribution in [1.29, 1.82) is 0 Å². The fourth-order valence-electron chi connectivity index (χ4n) is 2.55. The number of hydrogen-bond acceptors (Lipinski definition) is 2. The molecule has 1 aliphatic rings. The zero-order chi connectivity index (χ0) is 18.0. The van der Waals surface area contributed by atoms with Gasteiger partial charge in [-0.2, -0.15) is 0 Å². The van der Waals surface area contributed by atoms with E-state index in [1.807, 2.05) is 18.2 Å². The highest BCUT2D eigenvalue weighted by Gasteiger charge is 2.48. The van der Waals surface area contributed by atoms with E-state index in [4.69, 9.17) is 34.8 Å². The maximum absolute atomic E-state index is 12.3. The smallest absolute Gasteiger partial charge is 0.228 e. The molecule has 130 valence electrons. The summed E-state index contributed by atoms with van der Waals surface area (Å²) < 4.78 is 0. The molecule has 3 rings (SSSR count). The molecule has 0 aliphatic heterocycles. The maximum Gasteiger partial charge on any atom is 0.228 e. The molecule has 0 aromatic heterocycles. The van der Waals surface area contributed by atoms with Crippen LogP contribution in [0.5, 0.6) is 0 Å². The zero-order valence-electron chi connectivity index (χ0n) is 13.1. The van der Waals surface area contributed by atoms with Gasteiger partial charge in [0.05, 0.1) is 22.5 Å². The predicted molar refractivity (Wildman–Crippen MR) is 100.0 cm³/mol. The Hall–Kier alpha value is -1.75. The lowest BCUT2D eigenvalue weighted by molar-refractivity contribution is -0.125. The molecule has 1 fully saturated rings. The Morgan fingerprint density at radius 1 is 0.960 bits per heavy atom. The highest BCUT2D eigenvalue weighted by molar-refractivity contribution is 6.35. The molecule has 25 heavy (non-hydrogen) atoms. The van der Waals surface area contributed by atoms with Crippen molar-refractivity contribution in [2.45, 2.75) is 13.0 Å². The summed E-state index contributed by atoms with van der Waals surface area (Å²) in [7, 11) is 0. The van der Waals surface area contributed by atoms with Crippen LogP contribution < -0.4 is 10.6 Å². The molecule has 2 atom stereocenters. The van der Waals surface area contributed by atoms with Crippen LogP contribution in [0.1, 0.15) is 12.0 Å². The number of benzene rings is 2. The van der Waals surface area contributed by atoms with Gasteiger partial charge in [-0.25, -0.2) is 0 Å². The van der Waals surface area contributed by atoms with Crippen LogP contribution in [0.2, 0.25) is 15.1 Å². The second-order valence-electron chi connectivity index (χ2n) is 5.87. The Labute approximate surface area is 160 Å². The maximum atomic E-state index is 12.3. The van der Waals surface area contributed by atoms with Crippen molar-refractivity contribution < 1.29 is 9.59 Å². The molecule has 1 saturated carbocycles. The van der Waals surface area contributed by atoms with Gasteiger partial charge in [0.2, 0.25) is 11.8 Å². The number of carbonyl (C=O) groups excluding carboxylic acids is 2. The number of rotatable bonds is 5. The summed E-state index contributed by atoms with van der Waals surface area (Å²) in [5.41, 5.74) is 1.28. The third-order valence-corrected chi connectivity index (χ3v) is 4.99. The van der Waals surface area contributed by atoms with Gasteiger partial charge in [-0.15, -0.1) is 0 Å². The zero-order valence-corrected chi connectivity index (χ0v) is 15.3. The summed E-state index contributed by atoms with van der Waals surface area (Å²) in [6.45, 7) is 0.337. The Kier molecular flexibility index (Phi) is 5.52. The van der Waals surface area contributed by atoms with E-state index in [9.17, 15) is 9.59 Å². The van der Waals surface area contributed by atoms with Gasteiger partial charge in [0.15, 0.2) is 0 Å². The van der Waals surface area contributed by atoms with Gasteiger partial charge in [0.25, 0.3) is 0 Å². The molecule has 1 aliphatic carbocycles. The third-order valence-electron chi connectivity index (χ3n) is 4.06.